The van der Waals surface area contributed by atoms with Gasteiger partial charge < -0.3 is 52.3 Å². The molecule has 0 spiro atoms. The standard InChI is InChI=1S/C56H81N11O12S3/c1-2-42-53(76)61-43(12-13-47(57)68)54(77)62-44(31-38-8-4-3-5-9-38)52(75)59-16-27-82-37-41-29-39(35-80-25-14-49(70)66-17-7-11-46(66)56(79)67-18-6-10-45(67)55(78)60-42)28-40(30-41)36-81-26-15-58-48(69)32-63-19-21-64(33-50(71)72)23-24-65(22-20-63)34-51(73)74/h3-5,8-9,28-30,42-46H,2,6-7,10-27,31-37H2,1H3,(H2,57,68)(H,58,69)(H,59,75)(H,60,78)(H,61,76)(H,62,77)(H,71,72)(H,73,74)/t42-,43-,44-,45-,46-/m0/s1. The van der Waals surface area contributed by atoms with Crippen LogP contribution in [0, 0.1) is 0 Å². The number of carbonyl (C=O) groups excluding carboxylic acids is 8. The second-order valence-corrected chi connectivity index (χ2v) is 24.4. The van der Waals surface area contributed by atoms with Gasteiger partial charge in [0, 0.05) is 119 Å². The number of amides is 8. The molecule has 3 fully saturated rings. The zero-order chi connectivity index (χ0) is 59.0. The summed E-state index contributed by atoms with van der Waals surface area (Å²) in [6.07, 6.45) is 2.08. The van der Waals surface area contributed by atoms with Crippen molar-refractivity contribution >= 4 is 94.5 Å². The Labute approximate surface area is 492 Å². The highest BCUT2D eigenvalue weighted by molar-refractivity contribution is 7.99. The Kier molecular flexibility index (Phi) is 27.0. The van der Waals surface area contributed by atoms with E-state index in [0.717, 1.165) is 22.3 Å². The maximum absolute atomic E-state index is 14.2. The van der Waals surface area contributed by atoms with E-state index in [1.807, 2.05) is 35.2 Å². The number of nitrogens with one attached hydrogen (secondary N) is 5. The van der Waals surface area contributed by atoms with Gasteiger partial charge in [0.05, 0.1) is 19.6 Å². The van der Waals surface area contributed by atoms with Gasteiger partial charge in [0.25, 0.3) is 0 Å². The van der Waals surface area contributed by atoms with Crippen molar-refractivity contribution in [2.24, 2.45) is 5.73 Å². The molecule has 0 unspecified atom stereocenters. The van der Waals surface area contributed by atoms with E-state index in [1.54, 1.807) is 56.9 Å². The van der Waals surface area contributed by atoms with Gasteiger partial charge in [-0.2, -0.15) is 35.3 Å². The van der Waals surface area contributed by atoms with Crippen molar-refractivity contribution < 1.29 is 58.2 Å². The van der Waals surface area contributed by atoms with Gasteiger partial charge in [0.1, 0.15) is 30.2 Å². The zero-order valence-electron chi connectivity index (χ0n) is 46.8. The number of primary amides is 1. The molecule has 4 heterocycles. The molecule has 8 amide bonds. The van der Waals surface area contributed by atoms with Crippen molar-refractivity contribution in [2.75, 3.05) is 102 Å². The third-order valence-corrected chi connectivity index (χ3v) is 17.8. The Morgan fingerprint density at radius 1 is 0.671 bits per heavy atom. The van der Waals surface area contributed by atoms with E-state index in [9.17, 15) is 58.2 Å². The highest BCUT2D eigenvalue weighted by atomic mass is 32.2. The van der Waals surface area contributed by atoms with Gasteiger partial charge in [-0.25, -0.2) is 0 Å². The lowest BCUT2D eigenvalue weighted by Crippen LogP contribution is -2.59. The lowest BCUT2D eigenvalue weighted by molar-refractivity contribution is -0.146. The first-order valence-corrected chi connectivity index (χ1v) is 31.8. The van der Waals surface area contributed by atoms with Crippen LogP contribution < -0.4 is 32.3 Å². The Morgan fingerprint density at radius 2 is 1.24 bits per heavy atom. The Bertz CT molecular complexity index is 2510. The molecule has 26 heteroatoms. The topological polar surface area (TPSA) is 314 Å². The first-order chi connectivity index (χ1) is 39.5. The summed E-state index contributed by atoms with van der Waals surface area (Å²) >= 11 is 4.89. The second-order valence-electron chi connectivity index (χ2n) is 21.0. The minimum atomic E-state index is -1.30. The van der Waals surface area contributed by atoms with Gasteiger partial charge in [-0.1, -0.05) is 55.5 Å². The lowest BCUT2D eigenvalue weighted by atomic mass is 10.0. The van der Waals surface area contributed by atoms with Crippen molar-refractivity contribution in [3.05, 3.63) is 70.8 Å². The monoisotopic (exact) mass is 1200 g/mol. The summed E-state index contributed by atoms with van der Waals surface area (Å²) in [5.74, 6) is -2.11. The van der Waals surface area contributed by atoms with Crippen molar-refractivity contribution in [2.45, 2.75) is 112 Å². The van der Waals surface area contributed by atoms with Crippen molar-refractivity contribution in [3.8, 4) is 0 Å². The van der Waals surface area contributed by atoms with Crippen LogP contribution >= 0.6 is 35.3 Å². The fourth-order valence-electron chi connectivity index (χ4n) is 10.5. The van der Waals surface area contributed by atoms with E-state index in [2.05, 4.69) is 44.8 Å². The van der Waals surface area contributed by atoms with Crippen LogP contribution in [0.1, 0.15) is 80.5 Å². The predicted molar refractivity (Wildman–Crippen MR) is 314 cm³/mol. The number of fused-ring (bicyclic) bond motifs is 4. The number of aliphatic carboxylic acids is 2. The Balaban J connectivity index is 1.13. The maximum Gasteiger partial charge on any atom is 0.317 e. The summed E-state index contributed by atoms with van der Waals surface area (Å²) in [7, 11) is 0. The summed E-state index contributed by atoms with van der Waals surface area (Å²) in [5.41, 5.74) is 9.47. The first-order valence-electron chi connectivity index (χ1n) is 28.3. The fourth-order valence-corrected chi connectivity index (χ4v) is 12.9. The number of nitrogens with two attached hydrogens (primary N) is 1. The SMILES string of the molecule is CC[C@@H]1NC(=O)[C@@H]2CCCN2C(=O)[C@@H]2CCCN2C(=O)CCSCc2cc(CSCCNC(=O)CN3CCN(CC(=O)O)CCN(CC(=O)O)CC3)cc(c2)CSCCNC(=O)[C@H](Cc2ccccc2)NC(=O)[C@H](CCC(N)=O)NC1=O. The van der Waals surface area contributed by atoms with E-state index in [-0.39, 0.29) is 76.0 Å². The predicted octanol–water partition coefficient (Wildman–Crippen LogP) is 0.466. The smallest absolute Gasteiger partial charge is 0.317 e. The lowest BCUT2D eigenvalue weighted by Gasteiger charge is -2.32. The summed E-state index contributed by atoms with van der Waals surface area (Å²) in [6.45, 7) is 5.42. The largest absolute Gasteiger partial charge is 0.480 e. The molecule has 4 aliphatic heterocycles. The molecule has 23 nitrogen and oxygen atoms in total. The molecule has 6 rings (SSSR count). The molecule has 0 aromatic heterocycles. The van der Waals surface area contributed by atoms with E-state index < -0.39 is 71.7 Å². The number of thioether (sulfide) groups is 3. The van der Waals surface area contributed by atoms with E-state index >= 15 is 0 Å². The van der Waals surface area contributed by atoms with Crippen LogP contribution in [-0.2, 0) is 71.6 Å². The summed E-state index contributed by atoms with van der Waals surface area (Å²) in [5, 5.41) is 33.1. The van der Waals surface area contributed by atoms with Crippen LogP contribution in [0.25, 0.3) is 0 Å². The van der Waals surface area contributed by atoms with Crippen LogP contribution in [0.15, 0.2) is 48.5 Å². The number of hydrogen-bond donors (Lipinski definition) is 8. The second kappa shape index (κ2) is 34.0. The van der Waals surface area contributed by atoms with Gasteiger partial charge in [0.15, 0.2) is 0 Å². The van der Waals surface area contributed by atoms with Crippen LogP contribution in [0.5, 0.6) is 0 Å². The normalized spacial score (nSPS) is 23.3. The highest BCUT2D eigenvalue weighted by Gasteiger charge is 2.43. The molecular weight excluding hydrogens is 1110 g/mol. The van der Waals surface area contributed by atoms with Crippen LogP contribution in [-0.4, -0.2) is 226 Å². The van der Waals surface area contributed by atoms with E-state index in [1.165, 1.54) is 4.90 Å². The summed E-state index contributed by atoms with van der Waals surface area (Å²) in [6, 6.07) is 10.5. The first kappa shape index (κ1) is 65.2. The number of nitrogens with zero attached hydrogens (tertiary/aromatic N) is 5. The summed E-state index contributed by atoms with van der Waals surface area (Å²) in [4.78, 5) is 141. The van der Waals surface area contributed by atoms with Crippen molar-refractivity contribution in [1.29, 1.82) is 0 Å². The minimum absolute atomic E-state index is 0.0870. The van der Waals surface area contributed by atoms with Crippen LogP contribution in [0.4, 0.5) is 0 Å². The van der Waals surface area contributed by atoms with E-state index in [0.29, 0.717) is 119 Å². The van der Waals surface area contributed by atoms with Gasteiger partial charge >= 0.3 is 11.9 Å². The number of carboxylic acids is 2. The number of carboxylic acid groups (broad SMARTS) is 2. The molecule has 2 aromatic rings. The quantitative estimate of drug-likeness (QED) is 0.0999. The average Bonchev–Trinajstić information content (AvgIpc) is 4.30. The van der Waals surface area contributed by atoms with E-state index in [4.69, 9.17) is 5.73 Å². The molecule has 0 saturated carbocycles. The van der Waals surface area contributed by atoms with Crippen molar-refractivity contribution in [3.63, 3.8) is 0 Å². The molecule has 82 heavy (non-hydrogen) atoms. The summed E-state index contributed by atoms with van der Waals surface area (Å²) < 4.78 is 0. The minimum Gasteiger partial charge on any atom is -0.480 e. The number of carbonyl (C=O) groups is 10. The molecule has 450 valence electrons. The van der Waals surface area contributed by atoms with Gasteiger partial charge in [-0.05, 0) is 60.8 Å². The zero-order valence-corrected chi connectivity index (χ0v) is 49.3. The van der Waals surface area contributed by atoms with Gasteiger partial charge in [-0.3, -0.25) is 62.6 Å². The number of hydrogen-bond acceptors (Lipinski definition) is 16. The third-order valence-electron chi connectivity index (χ3n) is 14.7. The van der Waals surface area contributed by atoms with Gasteiger partial charge in [-0.15, -0.1) is 0 Å². The molecule has 2 bridgehead atoms. The molecule has 4 aliphatic rings. The molecule has 9 N–H and O–H groups in total. The highest BCUT2D eigenvalue weighted by Crippen LogP contribution is 2.28. The molecule has 3 saturated heterocycles. The third kappa shape index (κ3) is 21.7. The Hall–Kier alpha value is -5.93. The van der Waals surface area contributed by atoms with Crippen LogP contribution in [0.3, 0.4) is 0 Å². The fraction of sp³-hybridized carbons (Fsp3) is 0.607. The number of benzene rings is 2. The average molecular weight is 1200 g/mol. The Morgan fingerprint density at radius 3 is 1.87 bits per heavy atom. The molecular formula is C56H81N11O12S3. The number of rotatable bonds is 17. The van der Waals surface area contributed by atoms with Gasteiger partial charge in [0.2, 0.25) is 47.3 Å². The van der Waals surface area contributed by atoms with Crippen molar-refractivity contribution in [1.82, 2.24) is 51.1 Å². The maximum atomic E-state index is 14.2. The molecule has 0 aliphatic carbocycles. The molecule has 0 radical (unpaired) electrons. The van der Waals surface area contributed by atoms with Crippen LogP contribution in [0.2, 0.25) is 0 Å². The molecule has 5 atom stereocenters. The molecule has 2 aromatic carbocycles.